The van der Waals surface area contributed by atoms with Crippen molar-refractivity contribution in [2.75, 3.05) is 31.1 Å². The first-order valence-electron chi connectivity index (χ1n) is 8.56. The number of halogens is 3. The van der Waals surface area contributed by atoms with E-state index in [0.717, 1.165) is 0 Å². The minimum absolute atomic E-state index is 0.0262. The van der Waals surface area contributed by atoms with Crippen molar-refractivity contribution in [2.24, 2.45) is 0 Å². The number of pyridine rings is 1. The molecule has 27 heavy (non-hydrogen) atoms. The summed E-state index contributed by atoms with van der Waals surface area (Å²) in [5, 5.41) is 0.0779. The number of carbonyl (C=O) groups is 1. The number of carbonyl (C=O) groups excluding carboxylic acids is 1. The molecule has 1 aliphatic rings. The van der Waals surface area contributed by atoms with E-state index in [2.05, 4.69) is 15.0 Å². The number of aromatic nitrogens is 3. The fourth-order valence-corrected chi connectivity index (χ4v) is 3.18. The molecular weight excluding hydrogens is 396 g/mol. The van der Waals surface area contributed by atoms with Crippen molar-refractivity contribution in [3.63, 3.8) is 0 Å². The molecule has 146 valence electrons. The van der Waals surface area contributed by atoms with Crippen molar-refractivity contribution >= 4 is 46.0 Å². The molecule has 2 aromatic rings. The van der Waals surface area contributed by atoms with Crippen LogP contribution in [0.5, 0.6) is 0 Å². The maximum Gasteiger partial charge on any atom is 0.410 e. The molecule has 7 nitrogen and oxygen atoms in total. The van der Waals surface area contributed by atoms with Gasteiger partial charge in [0.15, 0.2) is 11.0 Å². The lowest BCUT2D eigenvalue weighted by Crippen LogP contribution is -2.39. The monoisotopic (exact) mass is 415 g/mol. The summed E-state index contributed by atoms with van der Waals surface area (Å²) in [6.45, 7) is 7.60. The maximum absolute atomic E-state index is 14.3. The third-order valence-corrected chi connectivity index (χ3v) is 4.47. The van der Waals surface area contributed by atoms with Crippen LogP contribution in [0.25, 0.3) is 10.9 Å². The fraction of sp³-hybridized carbons (Fsp3) is 0.529. The van der Waals surface area contributed by atoms with Crippen molar-refractivity contribution in [3.05, 3.63) is 22.5 Å². The first-order valence-corrected chi connectivity index (χ1v) is 9.31. The summed E-state index contributed by atoms with van der Waals surface area (Å²) in [5.41, 5.74) is -0.527. The molecule has 0 unspecified atom stereocenters. The van der Waals surface area contributed by atoms with Gasteiger partial charge in [0, 0.05) is 32.4 Å². The van der Waals surface area contributed by atoms with E-state index >= 15 is 0 Å². The third kappa shape index (κ3) is 4.50. The van der Waals surface area contributed by atoms with Crippen molar-refractivity contribution < 1.29 is 13.9 Å². The van der Waals surface area contributed by atoms with Gasteiger partial charge in [-0.15, -0.1) is 0 Å². The molecule has 3 rings (SSSR count). The van der Waals surface area contributed by atoms with Crippen LogP contribution in [0.4, 0.5) is 15.0 Å². The maximum atomic E-state index is 14.3. The molecule has 0 radical (unpaired) electrons. The standard InChI is InChI=1S/C17H20Cl2FN5O2/c1-17(2,3)27-16(26)25-6-4-5-24(7-8-25)14-10-9-21-13(18)11(20)12(10)22-15(19)23-14/h9H,4-8H2,1-3H3. The largest absolute Gasteiger partial charge is 0.444 e. The first kappa shape index (κ1) is 19.8. The van der Waals surface area contributed by atoms with E-state index in [1.54, 1.807) is 4.90 Å². The molecule has 0 saturated carbocycles. The van der Waals surface area contributed by atoms with Crippen LogP contribution in [0.2, 0.25) is 10.4 Å². The lowest BCUT2D eigenvalue weighted by atomic mass is 10.2. The van der Waals surface area contributed by atoms with E-state index in [0.29, 0.717) is 43.8 Å². The first-order chi connectivity index (χ1) is 12.7. The summed E-state index contributed by atoms with van der Waals surface area (Å²) >= 11 is 11.7. The predicted molar refractivity (Wildman–Crippen MR) is 102 cm³/mol. The van der Waals surface area contributed by atoms with Gasteiger partial charge in [-0.05, 0) is 38.8 Å². The minimum Gasteiger partial charge on any atom is -0.444 e. The Morgan fingerprint density at radius 1 is 1.19 bits per heavy atom. The molecule has 2 aromatic heterocycles. The Bertz CT molecular complexity index is 875. The Kier molecular flexibility index (Phi) is 5.58. The van der Waals surface area contributed by atoms with Crippen LogP contribution < -0.4 is 4.90 Å². The number of amides is 1. The van der Waals surface area contributed by atoms with Crippen LogP contribution in [0.3, 0.4) is 0 Å². The molecule has 1 amide bonds. The molecule has 1 saturated heterocycles. The van der Waals surface area contributed by atoms with Gasteiger partial charge in [0.1, 0.15) is 16.9 Å². The van der Waals surface area contributed by atoms with Gasteiger partial charge in [0.05, 0.1) is 5.39 Å². The summed E-state index contributed by atoms with van der Waals surface area (Å²) in [6.07, 6.45) is 1.78. The van der Waals surface area contributed by atoms with Gasteiger partial charge >= 0.3 is 6.09 Å². The van der Waals surface area contributed by atoms with E-state index in [-0.39, 0.29) is 22.0 Å². The number of anilines is 1. The van der Waals surface area contributed by atoms with Gasteiger partial charge in [0.25, 0.3) is 0 Å². The van der Waals surface area contributed by atoms with Crippen LogP contribution in [0, 0.1) is 5.82 Å². The number of hydrogen-bond acceptors (Lipinski definition) is 6. The van der Waals surface area contributed by atoms with E-state index in [4.69, 9.17) is 27.9 Å². The zero-order valence-corrected chi connectivity index (χ0v) is 16.8. The Labute approximate surface area is 166 Å². The summed E-state index contributed by atoms with van der Waals surface area (Å²) in [4.78, 5) is 28.0. The Balaban J connectivity index is 1.86. The number of fused-ring (bicyclic) bond motifs is 1. The van der Waals surface area contributed by atoms with E-state index in [9.17, 15) is 9.18 Å². The van der Waals surface area contributed by atoms with Gasteiger partial charge in [-0.25, -0.2) is 19.2 Å². The van der Waals surface area contributed by atoms with Crippen LogP contribution in [-0.2, 0) is 4.74 Å². The van der Waals surface area contributed by atoms with Crippen molar-refractivity contribution in [1.29, 1.82) is 0 Å². The zero-order valence-electron chi connectivity index (χ0n) is 15.3. The predicted octanol–water partition coefficient (Wildman–Crippen LogP) is 3.92. The molecule has 0 aliphatic carbocycles. The van der Waals surface area contributed by atoms with E-state index in [1.165, 1.54) is 6.20 Å². The number of nitrogens with zero attached hydrogens (tertiary/aromatic N) is 5. The lowest BCUT2D eigenvalue weighted by molar-refractivity contribution is 0.0263. The highest BCUT2D eigenvalue weighted by molar-refractivity contribution is 6.30. The van der Waals surface area contributed by atoms with E-state index < -0.39 is 11.4 Å². The highest BCUT2D eigenvalue weighted by Crippen LogP contribution is 2.29. The van der Waals surface area contributed by atoms with Crippen LogP contribution in [0.1, 0.15) is 27.2 Å². The number of rotatable bonds is 1. The molecular formula is C17H20Cl2FN5O2. The second kappa shape index (κ2) is 7.59. The lowest BCUT2D eigenvalue weighted by Gasteiger charge is -2.27. The van der Waals surface area contributed by atoms with Gasteiger partial charge < -0.3 is 14.5 Å². The fourth-order valence-electron chi connectivity index (χ4n) is 2.87. The van der Waals surface area contributed by atoms with Gasteiger partial charge in [-0.2, -0.15) is 4.98 Å². The van der Waals surface area contributed by atoms with Gasteiger partial charge in [-0.1, -0.05) is 11.6 Å². The molecule has 1 aliphatic heterocycles. The normalized spacial score (nSPS) is 15.8. The summed E-state index contributed by atoms with van der Waals surface area (Å²) in [6, 6.07) is 0. The van der Waals surface area contributed by atoms with Gasteiger partial charge in [0.2, 0.25) is 5.28 Å². The quantitative estimate of drug-likeness (QED) is 0.519. The molecule has 1 fully saturated rings. The molecule has 10 heteroatoms. The zero-order chi connectivity index (χ0) is 19.8. The second-order valence-electron chi connectivity index (χ2n) is 7.25. The average Bonchev–Trinajstić information content (AvgIpc) is 2.82. The van der Waals surface area contributed by atoms with Crippen LogP contribution in [-0.4, -0.2) is 57.7 Å². The van der Waals surface area contributed by atoms with Crippen molar-refractivity contribution in [1.82, 2.24) is 19.9 Å². The highest BCUT2D eigenvalue weighted by atomic mass is 35.5. The third-order valence-electron chi connectivity index (χ3n) is 4.04. The molecule has 0 atom stereocenters. The second-order valence-corrected chi connectivity index (χ2v) is 7.95. The summed E-state index contributed by atoms with van der Waals surface area (Å²) in [7, 11) is 0. The van der Waals surface area contributed by atoms with Crippen molar-refractivity contribution in [3.8, 4) is 0 Å². The Morgan fingerprint density at radius 3 is 2.63 bits per heavy atom. The van der Waals surface area contributed by atoms with Crippen molar-refractivity contribution in [2.45, 2.75) is 32.8 Å². The summed E-state index contributed by atoms with van der Waals surface area (Å²) in [5.74, 6) is -0.260. The molecule has 3 heterocycles. The SMILES string of the molecule is CC(C)(C)OC(=O)N1CCCN(c2nc(Cl)nc3c(F)c(Cl)ncc23)CC1. The van der Waals surface area contributed by atoms with Gasteiger partial charge in [-0.3, -0.25) is 0 Å². The topological polar surface area (TPSA) is 71.5 Å². The number of ether oxygens (including phenoxy) is 1. The summed E-state index contributed by atoms with van der Waals surface area (Å²) < 4.78 is 19.7. The molecule has 0 N–H and O–H groups in total. The molecule has 0 bridgehead atoms. The Hall–Kier alpha value is -1.93. The van der Waals surface area contributed by atoms with E-state index in [1.807, 2.05) is 25.7 Å². The Morgan fingerprint density at radius 2 is 1.93 bits per heavy atom. The number of hydrogen-bond donors (Lipinski definition) is 0. The smallest absolute Gasteiger partial charge is 0.410 e. The average molecular weight is 416 g/mol. The highest BCUT2D eigenvalue weighted by Gasteiger charge is 2.26. The van der Waals surface area contributed by atoms with Crippen LogP contribution in [0.15, 0.2) is 6.20 Å². The molecule has 0 aromatic carbocycles. The molecule has 0 spiro atoms. The van der Waals surface area contributed by atoms with Crippen LogP contribution >= 0.6 is 23.2 Å². The minimum atomic E-state index is -0.732.